The van der Waals surface area contributed by atoms with Crippen LogP contribution in [0.1, 0.15) is 6.85 Å². The molecule has 53 heavy (non-hydrogen) atoms. The van der Waals surface area contributed by atoms with Crippen LogP contribution in [-0.2, 0) is 0 Å². The highest BCUT2D eigenvalue weighted by atomic mass is 16.5. The van der Waals surface area contributed by atoms with Crippen molar-refractivity contribution in [3.63, 3.8) is 0 Å². The Balaban J connectivity index is 1.23. The summed E-state index contributed by atoms with van der Waals surface area (Å²) in [4.78, 5) is 0. The molecule has 0 atom stereocenters. The van der Waals surface area contributed by atoms with Crippen molar-refractivity contribution in [3.05, 3.63) is 194 Å². The average Bonchev–Trinajstić information content (AvgIpc) is 3.27. The van der Waals surface area contributed by atoms with Crippen molar-refractivity contribution in [2.75, 3.05) is 0 Å². The number of hydrogen-bond acceptors (Lipinski definition) is 1. The molecule has 0 saturated carbocycles. The van der Waals surface area contributed by atoms with Gasteiger partial charge in [-0.1, -0.05) is 152 Å². The predicted molar refractivity (Wildman–Crippen MR) is 224 cm³/mol. The Morgan fingerprint density at radius 3 is 1.94 bits per heavy atom. The third kappa shape index (κ3) is 4.79. The number of fused-ring (bicyclic) bond motifs is 6. The smallest absolute Gasteiger partial charge is 0.135 e. The molecule has 1 aliphatic heterocycles. The second-order valence-corrected chi connectivity index (χ2v) is 13.7. The molecule has 0 spiro atoms. The van der Waals surface area contributed by atoms with Gasteiger partial charge in [-0.05, 0) is 130 Å². The van der Waals surface area contributed by atoms with Crippen molar-refractivity contribution in [1.82, 2.24) is 0 Å². The van der Waals surface area contributed by atoms with Gasteiger partial charge in [0.15, 0.2) is 0 Å². The predicted octanol–water partition coefficient (Wildman–Crippen LogP) is 14.7. The molecule has 0 aliphatic carbocycles. The lowest BCUT2D eigenvalue weighted by Gasteiger charge is -2.23. The lowest BCUT2D eigenvalue weighted by molar-refractivity contribution is 0.487. The zero-order chi connectivity index (χ0) is 39.2. The Hall–Kier alpha value is -6.96. The first kappa shape index (κ1) is 25.1. The fraction of sp³-hybridized carbons (Fsp3) is 0. The second kappa shape index (κ2) is 11.8. The van der Waals surface area contributed by atoms with Gasteiger partial charge in [0.25, 0.3) is 0 Å². The maximum Gasteiger partial charge on any atom is 0.135 e. The number of hydrogen-bond donors (Lipinski definition) is 0. The third-order valence-corrected chi connectivity index (χ3v) is 10.7. The maximum atomic E-state index is 9.07. The van der Waals surface area contributed by atoms with Crippen molar-refractivity contribution in [1.29, 1.82) is 0 Å². The van der Waals surface area contributed by atoms with E-state index >= 15 is 0 Å². The molecule has 0 bridgehead atoms. The minimum Gasteiger partial charge on any atom is -0.456 e. The van der Waals surface area contributed by atoms with Crippen molar-refractivity contribution in [3.8, 4) is 67.1 Å². The Labute approximate surface area is 315 Å². The van der Waals surface area contributed by atoms with Crippen LogP contribution in [0.2, 0.25) is 0 Å². The van der Waals surface area contributed by atoms with E-state index in [0.29, 0.717) is 5.56 Å². The van der Waals surface area contributed by atoms with Crippen LogP contribution in [-0.4, -0.2) is 0 Å². The molecule has 1 nitrogen and oxygen atoms in total. The van der Waals surface area contributed by atoms with Gasteiger partial charge in [-0.25, -0.2) is 0 Å². The van der Waals surface area contributed by atoms with E-state index in [4.69, 9.17) is 11.6 Å². The first-order chi connectivity index (χ1) is 28.3. The van der Waals surface area contributed by atoms with E-state index in [-0.39, 0.29) is 29.7 Å². The summed E-state index contributed by atoms with van der Waals surface area (Å²) in [7, 11) is 0. The lowest BCUT2D eigenvalue weighted by Crippen LogP contribution is -1.98. The molecule has 0 radical (unpaired) electrons. The maximum absolute atomic E-state index is 9.07. The molecule has 1 heterocycles. The van der Waals surface area contributed by atoms with Gasteiger partial charge in [-0.3, -0.25) is 0 Å². The first-order valence-electron chi connectivity index (χ1n) is 20.3. The number of benzene rings is 10. The summed E-state index contributed by atoms with van der Waals surface area (Å²) in [6.45, 7) is 0. The van der Waals surface area contributed by atoms with Crippen LogP contribution in [0, 0.1) is 0 Å². The standard InChI is InChI=1S/C52H32O/c1-3-12-33(13-4-1)36-24-26-48-47(32-36)46-21-11-20-45-42(25-27-49(53-48)52(45)46)40-29-39(34-14-5-2-6-15-34)30-41(31-40)51-44-19-10-8-17-37(44)28-38-23-22-35-16-7-9-18-43(35)50(38)51/h1-32H/i2D,5D,6D,14D,15D. The Bertz CT molecular complexity index is 3340. The third-order valence-electron chi connectivity index (χ3n) is 10.7. The summed E-state index contributed by atoms with van der Waals surface area (Å²) in [5.74, 6) is 1.57. The Morgan fingerprint density at radius 2 is 1.06 bits per heavy atom. The van der Waals surface area contributed by atoms with Crippen LogP contribution in [0.4, 0.5) is 0 Å². The number of ether oxygens (including phenoxy) is 1. The second-order valence-electron chi connectivity index (χ2n) is 13.7. The fourth-order valence-corrected chi connectivity index (χ4v) is 8.30. The molecule has 11 rings (SSSR count). The van der Waals surface area contributed by atoms with Gasteiger partial charge in [-0.15, -0.1) is 0 Å². The van der Waals surface area contributed by atoms with E-state index in [1.54, 1.807) is 0 Å². The normalized spacial score (nSPS) is 13.2. The molecule has 0 aromatic heterocycles. The zero-order valence-electron chi connectivity index (χ0n) is 33.5. The summed E-state index contributed by atoms with van der Waals surface area (Å²) in [5.41, 5.74) is 8.72. The van der Waals surface area contributed by atoms with E-state index in [1.807, 2.05) is 48.5 Å². The van der Waals surface area contributed by atoms with Gasteiger partial charge in [-0.2, -0.15) is 0 Å². The highest BCUT2D eigenvalue weighted by Crippen LogP contribution is 2.50. The molecule has 0 unspecified atom stereocenters. The van der Waals surface area contributed by atoms with Gasteiger partial charge in [0.1, 0.15) is 11.5 Å². The van der Waals surface area contributed by atoms with E-state index in [0.717, 1.165) is 99.1 Å². The fourth-order valence-electron chi connectivity index (χ4n) is 8.30. The molecular formula is C52H32O. The van der Waals surface area contributed by atoms with Crippen molar-refractivity contribution < 1.29 is 11.6 Å². The van der Waals surface area contributed by atoms with Crippen LogP contribution in [0.25, 0.3) is 98.7 Å². The van der Waals surface area contributed by atoms with Gasteiger partial charge < -0.3 is 4.74 Å². The van der Waals surface area contributed by atoms with Crippen molar-refractivity contribution in [2.24, 2.45) is 0 Å². The van der Waals surface area contributed by atoms with Crippen molar-refractivity contribution in [2.45, 2.75) is 0 Å². The summed E-state index contributed by atoms with van der Waals surface area (Å²) >= 11 is 0. The van der Waals surface area contributed by atoms with Gasteiger partial charge >= 0.3 is 0 Å². The summed E-state index contributed by atoms with van der Waals surface area (Å²) in [6, 6.07) is 55.0. The number of rotatable bonds is 4. The van der Waals surface area contributed by atoms with Crippen LogP contribution < -0.4 is 4.74 Å². The molecular weight excluding hydrogens is 641 g/mol. The Morgan fingerprint density at radius 1 is 0.340 bits per heavy atom. The van der Waals surface area contributed by atoms with E-state index in [1.165, 1.54) is 0 Å². The summed E-state index contributed by atoms with van der Waals surface area (Å²) < 4.78 is 50.4. The van der Waals surface area contributed by atoms with E-state index in [2.05, 4.69) is 115 Å². The highest BCUT2D eigenvalue weighted by molar-refractivity contribution is 6.22. The summed E-state index contributed by atoms with van der Waals surface area (Å²) in [6.07, 6.45) is 0. The Kier molecular flexibility index (Phi) is 5.58. The topological polar surface area (TPSA) is 9.23 Å². The molecule has 0 amide bonds. The highest BCUT2D eigenvalue weighted by Gasteiger charge is 2.23. The molecule has 0 fully saturated rings. The average molecular weight is 678 g/mol. The monoisotopic (exact) mass is 677 g/mol. The van der Waals surface area contributed by atoms with Crippen molar-refractivity contribution >= 4 is 43.1 Å². The lowest BCUT2D eigenvalue weighted by atomic mass is 9.85. The molecule has 1 heteroatoms. The van der Waals surface area contributed by atoms with Gasteiger partial charge in [0.2, 0.25) is 0 Å². The zero-order valence-corrected chi connectivity index (χ0v) is 28.5. The van der Waals surface area contributed by atoms with E-state index in [9.17, 15) is 0 Å². The molecule has 10 aromatic rings. The largest absolute Gasteiger partial charge is 0.456 e. The van der Waals surface area contributed by atoms with Crippen LogP contribution >= 0.6 is 0 Å². The van der Waals surface area contributed by atoms with Gasteiger partial charge in [0, 0.05) is 10.9 Å². The van der Waals surface area contributed by atoms with Crippen LogP contribution in [0.5, 0.6) is 11.5 Å². The minimum absolute atomic E-state index is 0.164. The summed E-state index contributed by atoms with van der Waals surface area (Å²) in [5, 5.41) is 8.55. The molecule has 10 aromatic carbocycles. The molecule has 1 aliphatic rings. The van der Waals surface area contributed by atoms with E-state index < -0.39 is 6.04 Å². The van der Waals surface area contributed by atoms with Gasteiger partial charge in [0.05, 0.1) is 6.85 Å². The van der Waals surface area contributed by atoms with Crippen LogP contribution in [0.15, 0.2) is 194 Å². The molecule has 0 N–H and O–H groups in total. The molecule has 246 valence electrons. The SMILES string of the molecule is [2H]c1c([2H])c([2H])c(-c2cc(-c3ccc4c5c(cccc35)-c3cc(-c5ccccc5)ccc3O4)cc(-c3c4ccccc4cc4ccc5ccccc5c34)c2)c([2H])c1[2H]. The first-order valence-corrected chi connectivity index (χ1v) is 17.8. The van der Waals surface area contributed by atoms with Crippen LogP contribution in [0.3, 0.4) is 0 Å². The minimum atomic E-state index is -0.416. The quantitative estimate of drug-likeness (QED) is 0.133. The molecule has 0 saturated heterocycles.